The summed E-state index contributed by atoms with van der Waals surface area (Å²) in [5, 5.41) is 0. The van der Waals surface area contributed by atoms with E-state index in [0.29, 0.717) is 12.5 Å². The molecule has 0 fully saturated rings. The minimum absolute atomic E-state index is 0.0703. The van der Waals surface area contributed by atoms with Crippen LogP contribution in [0.25, 0.3) is 0 Å². The molecular formula is C13H17F3N2O2S. The Morgan fingerprint density at radius 1 is 1.38 bits per heavy atom. The van der Waals surface area contributed by atoms with Crippen molar-refractivity contribution in [3.05, 3.63) is 23.8 Å². The van der Waals surface area contributed by atoms with Gasteiger partial charge in [-0.25, -0.2) is 0 Å². The molecule has 0 aliphatic carbocycles. The van der Waals surface area contributed by atoms with Gasteiger partial charge in [0.05, 0.1) is 5.69 Å². The lowest BCUT2D eigenvalue weighted by molar-refractivity contribution is -0.0429. The van der Waals surface area contributed by atoms with Crippen molar-refractivity contribution in [3.8, 4) is 0 Å². The standard InChI is InChI=1S/C13H17F3N2O2S/c1-3-18-8-9(2)6-10-4-5-11(7-12(10)18)17-21(19,20)13(14,15)16/h4-5,7,9,17H,3,6,8H2,1-2H3. The molecule has 0 amide bonds. The number of alkyl halides is 3. The predicted octanol–water partition coefficient (Wildman–Crippen LogP) is 2.97. The Kier molecular flexibility index (Phi) is 4.10. The molecule has 1 aromatic carbocycles. The van der Waals surface area contributed by atoms with Crippen molar-refractivity contribution in [1.82, 2.24) is 0 Å². The van der Waals surface area contributed by atoms with E-state index in [1.54, 1.807) is 10.8 Å². The number of nitrogens with zero attached hydrogens (tertiary/aromatic N) is 1. The monoisotopic (exact) mass is 322 g/mol. The van der Waals surface area contributed by atoms with Crippen molar-refractivity contribution in [2.45, 2.75) is 25.8 Å². The maximum atomic E-state index is 12.4. The van der Waals surface area contributed by atoms with Crippen molar-refractivity contribution in [2.75, 3.05) is 22.7 Å². The van der Waals surface area contributed by atoms with E-state index >= 15 is 0 Å². The van der Waals surface area contributed by atoms with Crippen LogP contribution >= 0.6 is 0 Å². The van der Waals surface area contributed by atoms with E-state index in [9.17, 15) is 21.6 Å². The van der Waals surface area contributed by atoms with Gasteiger partial charge >= 0.3 is 15.5 Å². The lowest BCUT2D eigenvalue weighted by Gasteiger charge is -2.34. The molecule has 1 atom stereocenters. The lowest BCUT2D eigenvalue weighted by atomic mass is 9.93. The summed E-state index contributed by atoms with van der Waals surface area (Å²) in [4.78, 5) is 2.04. The smallest absolute Gasteiger partial charge is 0.371 e. The Balaban J connectivity index is 2.33. The molecule has 4 nitrogen and oxygen atoms in total. The molecule has 0 spiro atoms. The molecule has 2 rings (SSSR count). The molecule has 118 valence electrons. The van der Waals surface area contributed by atoms with Gasteiger partial charge in [-0.2, -0.15) is 21.6 Å². The van der Waals surface area contributed by atoms with E-state index in [4.69, 9.17) is 0 Å². The second-order valence-electron chi connectivity index (χ2n) is 5.24. The van der Waals surface area contributed by atoms with Crippen LogP contribution in [0.15, 0.2) is 18.2 Å². The minimum atomic E-state index is -5.38. The third-order valence-electron chi connectivity index (χ3n) is 3.47. The SMILES string of the molecule is CCN1CC(C)Cc2ccc(NS(=O)(=O)C(F)(F)F)cc21. The molecule has 0 aromatic heterocycles. The highest BCUT2D eigenvalue weighted by Gasteiger charge is 2.46. The van der Waals surface area contributed by atoms with E-state index in [1.807, 2.05) is 11.8 Å². The van der Waals surface area contributed by atoms with E-state index in [1.165, 1.54) is 12.1 Å². The summed E-state index contributed by atoms with van der Waals surface area (Å²) in [7, 11) is -5.38. The minimum Gasteiger partial charge on any atom is -0.371 e. The Morgan fingerprint density at radius 3 is 2.62 bits per heavy atom. The van der Waals surface area contributed by atoms with Crippen molar-refractivity contribution in [2.24, 2.45) is 5.92 Å². The highest BCUT2D eigenvalue weighted by atomic mass is 32.2. The molecule has 8 heteroatoms. The van der Waals surface area contributed by atoms with Crippen molar-refractivity contribution in [1.29, 1.82) is 0 Å². The zero-order valence-corrected chi connectivity index (χ0v) is 12.6. The van der Waals surface area contributed by atoms with Crippen molar-refractivity contribution < 1.29 is 21.6 Å². The quantitative estimate of drug-likeness (QED) is 0.931. The molecule has 1 heterocycles. The molecule has 1 N–H and O–H groups in total. The molecule has 0 radical (unpaired) electrons. The van der Waals surface area contributed by atoms with E-state index < -0.39 is 15.5 Å². The van der Waals surface area contributed by atoms with Crippen LogP contribution in [0, 0.1) is 5.92 Å². The van der Waals surface area contributed by atoms with Crippen molar-refractivity contribution >= 4 is 21.4 Å². The van der Waals surface area contributed by atoms with E-state index in [0.717, 1.165) is 24.2 Å². The van der Waals surface area contributed by atoms with Gasteiger partial charge < -0.3 is 4.90 Å². The topological polar surface area (TPSA) is 49.4 Å². The van der Waals surface area contributed by atoms with Gasteiger partial charge in [-0.15, -0.1) is 0 Å². The first-order valence-corrected chi connectivity index (χ1v) is 8.09. The number of hydrogen-bond acceptors (Lipinski definition) is 3. The molecular weight excluding hydrogens is 305 g/mol. The fourth-order valence-corrected chi connectivity index (χ4v) is 3.07. The summed E-state index contributed by atoms with van der Waals surface area (Å²) >= 11 is 0. The zero-order valence-electron chi connectivity index (χ0n) is 11.7. The molecule has 1 aromatic rings. The summed E-state index contributed by atoms with van der Waals surface area (Å²) in [6.45, 7) is 5.58. The zero-order chi connectivity index (χ0) is 15.8. The summed E-state index contributed by atoms with van der Waals surface area (Å²) in [6.07, 6.45) is 0.831. The van der Waals surface area contributed by atoms with Crippen LogP contribution in [-0.2, 0) is 16.4 Å². The van der Waals surface area contributed by atoms with E-state index in [2.05, 4.69) is 6.92 Å². The van der Waals surface area contributed by atoms with Crippen LogP contribution in [0.4, 0.5) is 24.5 Å². The largest absolute Gasteiger partial charge is 0.516 e. The van der Waals surface area contributed by atoms with Crippen LogP contribution in [-0.4, -0.2) is 27.0 Å². The van der Waals surface area contributed by atoms with Crippen LogP contribution in [0.2, 0.25) is 0 Å². The van der Waals surface area contributed by atoms with E-state index in [-0.39, 0.29) is 5.69 Å². The van der Waals surface area contributed by atoms with Gasteiger partial charge in [0.25, 0.3) is 0 Å². The van der Waals surface area contributed by atoms with Crippen LogP contribution in [0.5, 0.6) is 0 Å². The first-order valence-electron chi connectivity index (χ1n) is 6.61. The van der Waals surface area contributed by atoms with Crippen LogP contribution < -0.4 is 9.62 Å². The fraction of sp³-hybridized carbons (Fsp3) is 0.538. The Hall–Kier alpha value is -1.44. The van der Waals surface area contributed by atoms with Gasteiger partial charge in [0.15, 0.2) is 0 Å². The molecule has 0 bridgehead atoms. The van der Waals surface area contributed by atoms with Crippen LogP contribution in [0.3, 0.4) is 0 Å². The normalized spacial score (nSPS) is 19.3. The van der Waals surface area contributed by atoms with Gasteiger partial charge in [0.1, 0.15) is 0 Å². The van der Waals surface area contributed by atoms with Gasteiger partial charge in [-0.05, 0) is 37.0 Å². The number of nitrogens with one attached hydrogen (secondary N) is 1. The Bertz CT molecular complexity index is 629. The summed E-state index contributed by atoms with van der Waals surface area (Å²) in [5.41, 5.74) is -3.58. The van der Waals surface area contributed by atoms with Gasteiger partial charge in [0.2, 0.25) is 0 Å². The predicted molar refractivity (Wildman–Crippen MR) is 75.8 cm³/mol. The number of halogens is 3. The van der Waals surface area contributed by atoms with Gasteiger partial charge in [-0.3, -0.25) is 4.72 Å². The molecule has 1 aliphatic heterocycles. The highest BCUT2D eigenvalue weighted by molar-refractivity contribution is 7.93. The summed E-state index contributed by atoms with van der Waals surface area (Å²) < 4.78 is 61.0. The number of sulfonamides is 1. The third-order valence-corrected chi connectivity index (χ3v) is 4.58. The summed E-state index contributed by atoms with van der Waals surface area (Å²) in [6, 6.07) is 4.52. The Morgan fingerprint density at radius 2 is 2.05 bits per heavy atom. The number of hydrogen-bond donors (Lipinski definition) is 1. The molecule has 0 saturated heterocycles. The first-order chi connectivity index (χ1) is 9.64. The first kappa shape index (κ1) is 15.9. The van der Waals surface area contributed by atoms with Crippen molar-refractivity contribution in [3.63, 3.8) is 0 Å². The molecule has 0 saturated carbocycles. The average molecular weight is 322 g/mol. The number of fused-ring (bicyclic) bond motifs is 1. The molecule has 1 unspecified atom stereocenters. The molecule has 21 heavy (non-hydrogen) atoms. The fourth-order valence-electron chi connectivity index (χ4n) is 2.52. The maximum Gasteiger partial charge on any atom is 0.516 e. The lowest BCUT2D eigenvalue weighted by Crippen LogP contribution is -2.34. The highest BCUT2D eigenvalue weighted by Crippen LogP contribution is 2.33. The number of rotatable bonds is 3. The number of benzene rings is 1. The summed E-state index contributed by atoms with van der Waals surface area (Å²) in [5.74, 6) is 0.454. The Labute approximate surface area is 122 Å². The van der Waals surface area contributed by atoms with Gasteiger partial charge in [0, 0.05) is 18.8 Å². The molecule has 1 aliphatic rings. The van der Waals surface area contributed by atoms with Gasteiger partial charge in [-0.1, -0.05) is 13.0 Å². The number of anilines is 2. The second kappa shape index (κ2) is 5.40. The third kappa shape index (κ3) is 3.25. The maximum absolute atomic E-state index is 12.4. The average Bonchev–Trinajstić information content (AvgIpc) is 2.36. The van der Waals surface area contributed by atoms with Crippen LogP contribution in [0.1, 0.15) is 19.4 Å². The second-order valence-corrected chi connectivity index (χ2v) is 6.92.